The Hall–Kier alpha value is -4.79. The fourth-order valence-electron chi connectivity index (χ4n) is 4.87. The number of hydrogen-bond donors (Lipinski definition) is 4. The highest BCUT2D eigenvalue weighted by atomic mass is 79.9. The summed E-state index contributed by atoms with van der Waals surface area (Å²) < 4.78 is 1.94. The van der Waals surface area contributed by atoms with Gasteiger partial charge in [0.15, 0.2) is 0 Å². The minimum absolute atomic E-state index is 0.204. The van der Waals surface area contributed by atoms with Gasteiger partial charge in [0, 0.05) is 60.8 Å². The smallest absolute Gasteiger partial charge is 0.246 e. The molecule has 6 rings (SSSR count). The lowest BCUT2D eigenvalue weighted by Crippen LogP contribution is -2.42. The lowest BCUT2D eigenvalue weighted by atomic mass is 10.2. The maximum absolute atomic E-state index is 11.7. The Balaban J connectivity index is 0.000000206. The molecule has 2 aromatic heterocycles. The van der Waals surface area contributed by atoms with Crippen molar-refractivity contribution in [3.05, 3.63) is 151 Å². The zero-order chi connectivity index (χ0) is 37.9. The second-order valence-electron chi connectivity index (χ2n) is 11.7. The van der Waals surface area contributed by atoms with Gasteiger partial charge in [0.05, 0.1) is 13.1 Å². The van der Waals surface area contributed by atoms with Crippen LogP contribution < -0.4 is 31.9 Å². The van der Waals surface area contributed by atoms with Gasteiger partial charge >= 0.3 is 0 Å². The van der Waals surface area contributed by atoms with Crippen LogP contribution in [0.15, 0.2) is 118 Å². The average Bonchev–Trinajstić information content (AvgIpc) is 3.11. The minimum atomic E-state index is -0.204. The topological polar surface area (TPSA) is 137 Å². The van der Waals surface area contributed by atoms with Crippen molar-refractivity contribution in [2.24, 2.45) is 5.84 Å². The van der Waals surface area contributed by atoms with E-state index in [0.717, 1.165) is 42.8 Å². The molecule has 1 amide bonds. The summed E-state index contributed by atoms with van der Waals surface area (Å²) in [5.74, 6) is 8.12. The molecule has 0 atom stereocenters. The number of nitrogens with two attached hydrogens (primary N) is 1. The van der Waals surface area contributed by atoms with Gasteiger partial charge < -0.3 is 10.6 Å². The van der Waals surface area contributed by atoms with Crippen molar-refractivity contribution in [3.8, 4) is 0 Å². The number of hydrogen-bond acceptors (Lipinski definition) is 10. The third-order valence-electron chi connectivity index (χ3n) is 7.29. The maximum atomic E-state index is 11.7. The highest BCUT2D eigenvalue weighted by Gasteiger charge is 2.16. The van der Waals surface area contributed by atoms with Crippen molar-refractivity contribution < 1.29 is 4.79 Å². The number of amides is 1. The van der Waals surface area contributed by atoms with Crippen LogP contribution in [-0.4, -0.2) is 25.8 Å². The van der Waals surface area contributed by atoms with E-state index >= 15 is 0 Å². The van der Waals surface area contributed by atoms with E-state index in [1.807, 2.05) is 111 Å². The quantitative estimate of drug-likeness (QED) is 0.0736. The van der Waals surface area contributed by atoms with Crippen LogP contribution in [0.2, 0.25) is 10.0 Å². The van der Waals surface area contributed by atoms with Gasteiger partial charge in [-0.2, -0.15) is 9.97 Å². The lowest BCUT2D eigenvalue weighted by molar-refractivity contribution is -0.119. The van der Waals surface area contributed by atoms with Crippen LogP contribution in [0.1, 0.15) is 29.4 Å². The number of carbonyl (C=O) groups excluding carboxylic acids is 1. The van der Waals surface area contributed by atoms with E-state index in [4.69, 9.17) is 29.0 Å². The van der Waals surface area contributed by atoms with Gasteiger partial charge in [-0.15, -0.1) is 0 Å². The summed E-state index contributed by atoms with van der Waals surface area (Å²) in [6.07, 6.45) is 0. The number of aryl methyl sites for hydroxylation is 2. The number of rotatable bonds is 11. The second-order valence-corrected chi connectivity index (χ2v) is 14.3. The summed E-state index contributed by atoms with van der Waals surface area (Å²) >= 11 is 18.9. The first-order chi connectivity index (χ1) is 25.4. The molecule has 53 heavy (non-hydrogen) atoms. The summed E-state index contributed by atoms with van der Waals surface area (Å²) in [7, 11) is 0. The van der Waals surface area contributed by atoms with Gasteiger partial charge in [-0.3, -0.25) is 15.2 Å². The first-order valence-corrected chi connectivity index (χ1v) is 18.6. The lowest BCUT2D eigenvalue weighted by Gasteiger charge is -2.24. The SMILES string of the molecule is CC(=O)NN(Cc1ccccc1Br)c1nc(C)cc(Nc2ccc(Cl)cc2)n1.Cc1cc(Nc2ccc(Cl)cc2)nc(N(N)Cc2ccccc2Br)n1. The van der Waals surface area contributed by atoms with Crippen LogP contribution >= 0.6 is 55.1 Å². The minimum Gasteiger partial charge on any atom is -0.340 e. The Morgan fingerprint density at radius 1 is 0.660 bits per heavy atom. The van der Waals surface area contributed by atoms with E-state index in [9.17, 15) is 4.79 Å². The molecule has 0 aliphatic carbocycles. The molecule has 0 saturated carbocycles. The number of carbonyl (C=O) groups is 1. The van der Waals surface area contributed by atoms with E-state index in [0.29, 0.717) is 46.7 Å². The van der Waals surface area contributed by atoms with Gasteiger partial charge in [0.2, 0.25) is 17.8 Å². The first-order valence-electron chi connectivity index (χ1n) is 16.2. The first kappa shape index (κ1) is 39.4. The Morgan fingerprint density at radius 3 is 1.57 bits per heavy atom. The fraction of sp³-hybridized carbons (Fsp3) is 0.132. The van der Waals surface area contributed by atoms with Crippen LogP contribution in [-0.2, 0) is 17.9 Å². The van der Waals surface area contributed by atoms with Gasteiger partial charge in [0.1, 0.15) is 11.6 Å². The Labute approximate surface area is 335 Å². The van der Waals surface area contributed by atoms with E-state index in [1.165, 1.54) is 11.9 Å². The molecule has 0 spiro atoms. The molecule has 0 fully saturated rings. The summed E-state index contributed by atoms with van der Waals surface area (Å²) in [5, 5.41) is 11.0. The molecule has 0 aliphatic rings. The van der Waals surface area contributed by atoms with E-state index in [1.54, 1.807) is 17.1 Å². The molecule has 11 nitrogen and oxygen atoms in total. The van der Waals surface area contributed by atoms with Crippen LogP contribution in [0.3, 0.4) is 0 Å². The van der Waals surface area contributed by atoms with Crippen molar-refractivity contribution in [1.82, 2.24) is 25.4 Å². The van der Waals surface area contributed by atoms with Gasteiger partial charge in [-0.05, 0) is 85.6 Å². The predicted molar refractivity (Wildman–Crippen MR) is 222 cm³/mol. The zero-order valence-corrected chi connectivity index (χ0v) is 33.7. The third-order valence-corrected chi connectivity index (χ3v) is 9.34. The van der Waals surface area contributed by atoms with Crippen molar-refractivity contribution in [2.45, 2.75) is 33.9 Å². The normalized spacial score (nSPS) is 10.5. The van der Waals surface area contributed by atoms with Crippen LogP contribution in [0.4, 0.5) is 34.9 Å². The largest absolute Gasteiger partial charge is 0.340 e. The van der Waals surface area contributed by atoms with E-state index in [-0.39, 0.29) is 5.91 Å². The molecule has 0 unspecified atom stereocenters. The van der Waals surface area contributed by atoms with Gasteiger partial charge in [0.25, 0.3) is 0 Å². The Bertz CT molecular complexity index is 2160. The Morgan fingerprint density at radius 2 is 1.09 bits per heavy atom. The van der Waals surface area contributed by atoms with Crippen molar-refractivity contribution in [3.63, 3.8) is 0 Å². The summed E-state index contributed by atoms with van der Waals surface area (Å²) in [5.41, 5.74) is 8.19. The molecule has 5 N–H and O–H groups in total. The molecule has 0 radical (unpaired) electrons. The number of anilines is 6. The molecular weight excluding hydrogens is 843 g/mol. The van der Waals surface area contributed by atoms with Gasteiger partial charge in [-0.1, -0.05) is 91.5 Å². The average molecular weight is 879 g/mol. The molecule has 0 aliphatic heterocycles. The molecule has 0 saturated heterocycles. The summed E-state index contributed by atoms with van der Waals surface area (Å²) in [6, 6.07) is 34.2. The highest BCUT2D eigenvalue weighted by Crippen LogP contribution is 2.24. The number of hydrazine groups is 2. The van der Waals surface area contributed by atoms with Crippen LogP contribution in [0, 0.1) is 13.8 Å². The summed E-state index contributed by atoms with van der Waals surface area (Å²) in [6.45, 7) is 6.14. The maximum Gasteiger partial charge on any atom is 0.246 e. The highest BCUT2D eigenvalue weighted by molar-refractivity contribution is 9.10. The number of nitrogens with one attached hydrogen (secondary N) is 3. The predicted octanol–water partition coefficient (Wildman–Crippen LogP) is 9.83. The molecule has 2 heterocycles. The number of halogens is 4. The molecule has 15 heteroatoms. The molecule has 6 aromatic rings. The Kier molecular flexibility index (Phi) is 14.0. The van der Waals surface area contributed by atoms with Crippen molar-refractivity contribution in [1.29, 1.82) is 0 Å². The monoisotopic (exact) mass is 876 g/mol. The van der Waals surface area contributed by atoms with Crippen molar-refractivity contribution >= 4 is 95.9 Å². The molecule has 4 aromatic carbocycles. The van der Waals surface area contributed by atoms with Crippen molar-refractivity contribution in [2.75, 3.05) is 20.7 Å². The summed E-state index contributed by atoms with van der Waals surface area (Å²) in [4.78, 5) is 29.7. The van der Waals surface area contributed by atoms with E-state index in [2.05, 4.69) is 67.9 Å². The molecule has 0 bridgehead atoms. The third kappa shape index (κ3) is 12.1. The number of benzene rings is 4. The molecule has 272 valence electrons. The number of nitrogens with zero attached hydrogens (tertiary/aromatic N) is 6. The zero-order valence-electron chi connectivity index (χ0n) is 29.0. The van der Waals surface area contributed by atoms with Crippen LogP contribution in [0.5, 0.6) is 0 Å². The molecular formula is C38H36Br2Cl2N10O. The second kappa shape index (κ2) is 18.8. The van der Waals surface area contributed by atoms with Gasteiger partial charge in [-0.25, -0.2) is 20.8 Å². The number of aromatic nitrogens is 4. The van der Waals surface area contributed by atoms with E-state index < -0.39 is 0 Å². The fourth-order valence-corrected chi connectivity index (χ4v) is 5.95. The van der Waals surface area contributed by atoms with Crippen LogP contribution in [0.25, 0.3) is 0 Å². The standard InChI is InChI=1S/C20H19BrClN5O.C18H17BrClN5/c1-13-11-19(24-17-9-7-16(22)8-10-17)25-20(23-13)27(26-14(2)28)12-15-5-3-4-6-18(15)21;1-12-10-17(23-15-8-6-14(20)7-9-15)24-18(22-12)25(21)11-13-4-2-3-5-16(13)19/h3-11H,12H2,1-2H3,(H,26,28)(H,23,24,25);2-10H,11,21H2,1H3,(H,22,23,24).